The number of nitrogens with one attached hydrogen (secondary N) is 1. The van der Waals surface area contributed by atoms with E-state index >= 15 is 0 Å². The van der Waals surface area contributed by atoms with E-state index in [-0.39, 0.29) is 24.2 Å². The Morgan fingerprint density at radius 1 is 1.48 bits per heavy atom. The molecule has 0 spiro atoms. The highest BCUT2D eigenvalue weighted by Gasteiger charge is 2.39. The maximum atomic E-state index is 13.0. The van der Waals surface area contributed by atoms with Gasteiger partial charge in [-0.15, -0.1) is 11.3 Å². The van der Waals surface area contributed by atoms with Gasteiger partial charge in [0, 0.05) is 18.0 Å². The van der Waals surface area contributed by atoms with Gasteiger partial charge in [-0.25, -0.2) is 0 Å². The van der Waals surface area contributed by atoms with Crippen LogP contribution in [0.25, 0.3) is 0 Å². The van der Waals surface area contributed by atoms with E-state index in [2.05, 4.69) is 10.1 Å². The molecule has 23 heavy (non-hydrogen) atoms. The minimum atomic E-state index is -0.771. The van der Waals surface area contributed by atoms with Crippen LogP contribution in [0, 0.1) is 0 Å². The predicted octanol–water partition coefficient (Wildman–Crippen LogP) is 1.06. The summed E-state index contributed by atoms with van der Waals surface area (Å²) in [6.45, 7) is 0.855. The van der Waals surface area contributed by atoms with E-state index in [0.29, 0.717) is 13.1 Å². The molecule has 3 rings (SSSR count). The van der Waals surface area contributed by atoms with Gasteiger partial charge in [0.1, 0.15) is 6.04 Å². The Bertz CT molecular complexity index is 627. The molecule has 2 atom stereocenters. The number of carbonyl (C=O) groups is 3. The molecular weight excluding hydrogens is 316 g/mol. The number of rotatable bonds is 3. The van der Waals surface area contributed by atoms with Gasteiger partial charge in [0.25, 0.3) is 0 Å². The summed E-state index contributed by atoms with van der Waals surface area (Å²) >= 11 is 1.68. The van der Waals surface area contributed by atoms with Gasteiger partial charge in [-0.1, -0.05) is 0 Å². The second-order valence-electron chi connectivity index (χ2n) is 5.86. The summed E-state index contributed by atoms with van der Waals surface area (Å²) < 4.78 is 4.66. The van der Waals surface area contributed by atoms with Gasteiger partial charge in [0.15, 0.2) is 0 Å². The van der Waals surface area contributed by atoms with E-state index in [9.17, 15) is 14.4 Å². The largest absolute Gasteiger partial charge is 0.469 e. The molecule has 0 saturated carbocycles. The number of methoxy groups -OCH3 is 1. The Hall–Kier alpha value is -1.89. The Morgan fingerprint density at radius 2 is 2.30 bits per heavy atom. The molecule has 1 N–H and O–H groups in total. The molecule has 1 aromatic rings. The van der Waals surface area contributed by atoms with Crippen LogP contribution in [-0.4, -0.2) is 48.9 Å². The van der Waals surface area contributed by atoms with Crippen LogP contribution in [0.3, 0.4) is 0 Å². The van der Waals surface area contributed by atoms with Crippen LogP contribution in [0.15, 0.2) is 11.4 Å². The molecule has 0 unspecified atom stereocenters. The Balaban J connectivity index is 1.82. The molecule has 1 aliphatic heterocycles. The third kappa shape index (κ3) is 3.10. The van der Waals surface area contributed by atoms with E-state index in [1.54, 1.807) is 16.2 Å². The van der Waals surface area contributed by atoms with E-state index in [0.717, 1.165) is 24.8 Å². The molecule has 0 aromatic carbocycles. The first-order chi connectivity index (χ1) is 11.1. The molecule has 2 amide bonds. The van der Waals surface area contributed by atoms with E-state index in [1.807, 2.05) is 11.4 Å². The maximum Gasteiger partial charge on any atom is 0.308 e. The lowest BCUT2D eigenvalue weighted by Gasteiger charge is -2.37. The molecule has 1 saturated heterocycles. The van der Waals surface area contributed by atoms with Crippen molar-refractivity contribution in [3.05, 3.63) is 21.9 Å². The standard InChI is InChI=1S/C16H20N2O4S/c1-22-14(19)9-12-15(20)17-6-7-18(12)16(21)11-3-2-4-13-10(11)5-8-23-13/h5,8,11-12H,2-4,6-7,9H2,1H3,(H,17,20)/t11-,12+/m1/s1. The molecular formula is C16H20N2O4S. The highest BCUT2D eigenvalue weighted by Crippen LogP contribution is 2.36. The van der Waals surface area contributed by atoms with Crippen LogP contribution in [0.1, 0.15) is 35.6 Å². The lowest BCUT2D eigenvalue weighted by molar-refractivity contribution is -0.151. The van der Waals surface area contributed by atoms with Crippen molar-refractivity contribution in [2.24, 2.45) is 0 Å². The number of ether oxygens (including phenoxy) is 1. The van der Waals surface area contributed by atoms with Crippen molar-refractivity contribution < 1.29 is 19.1 Å². The molecule has 6 nitrogen and oxygen atoms in total. The summed E-state index contributed by atoms with van der Waals surface area (Å²) in [6.07, 6.45) is 2.69. The average molecular weight is 336 g/mol. The van der Waals surface area contributed by atoms with Crippen molar-refractivity contribution in [3.63, 3.8) is 0 Å². The second kappa shape index (κ2) is 6.70. The molecule has 1 fully saturated rings. The van der Waals surface area contributed by atoms with Gasteiger partial charge in [-0.2, -0.15) is 0 Å². The summed E-state index contributed by atoms with van der Waals surface area (Å²) in [4.78, 5) is 39.6. The summed E-state index contributed by atoms with van der Waals surface area (Å²) in [6, 6.07) is 1.24. The number of fused-ring (bicyclic) bond motifs is 1. The first kappa shape index (κ1) is 16.0. The van der Waals surface area contributed by atoms with Gasteiger partial charge in [-0.3, -0.25) is 14.4 Å². The molecule has 1 aliphatic carbocycles. The van der Waals surface area contributed by atoms with Gasteiger partial charge < -0.3 is 15.0 Å². The molecule has 2 aliphatic rings. The third-order valence-corrected chi connectivity index (χ3v) is 5.55. The third-order valence-electron chi connectivity index (χ3n) is 4.55. The van der Waals surface area contributed by atoms with Crippen LogP contribution < -0.4 is 5.32 Å². The second-order valence-corrected chi connectivity index (χ2v) is 6.86. The fourth-order valence-electron chi connectivity index (χ4n) is 3.37. The zero-order valence-corrected chi connectivity index (χ0v) is 13.9. The number of hydrogen-bond donors (Lipinski definition) is 1. The number of nitrogens with zero attached hydrogens (tertiary/aromatic N) is 1. The number of esters is 1. The quantitative estimate of drug-likeness (QED) is 0.838. The number of thiophene rings is 1. The van der Waals surface area contributed by atoms with Crippen LogP contribution >= 0.6 is 11.3 Å². The summed E-state index contributed by atoms with van der Waals surface area (Å²) in [5.74, 6) is -1.01. The zero-order valence-electron chi connectivity index (χ0n) is 13.0. The van der Waals surface area contributed by atoms with Gasteiger partial charge in [-0.05, 0) is 36.3 Å². The fraction of sp³-hybridized carbons (Fsp3) is 0.562. The number of aryl methyl sites for hydroxylation is 1. The van der Waals surface area contributed by atoms with Crippen molar-refractivity contribution in [1.29, 1.82) is 0 Å². The predicted molar refractivity (Wildman–Crippen MR) is 85.1 cm³/mol. The first-order valence-electron chi connectivity index (χ1n) is 7.83. The van der Waals surface area contributed by atoms with Crippen LogP contribution in [0.4, 0.5) is 0 Å². The van der Waals surface area contributed by atoms with Crippen molar-refractivity contribution in [2.45, 2.75) is 37.6 Å². The summed E-state index contributed by atoms with van der Waals surface area (Å²) in [5, 5.41) is 4.74. The molecule has 124 valence electrons. The number of amides is 2. The Kier molecular flexibility index (Phi) is 4.66. The normalized spacial score (nSPS) is 23.9. The minimum absolute atomic E-state index is 0.0481. The smallest absolute Gasteiger partial charge is 0.308 e. The molecule has 2 heterocycles. The number of hydrogen-bond acceptors (Lipinski definition) is 5. The number of carbonyl (C=O) groups excluding carboxylic acids is 3. The van der Waals surface area contributed by atoms with E-state index in [1.165, 1.54) is 12.0 Å². The van der Waals surface area contributed by atoms with Gasteiger partial charge in [0.2, 0.25) is 11.8 Å². The average Bonchev–Trinajstić information content (AvgIpc) is 3.04. The van der Waals surface area contributed by atoms with E-state index < -0.39 is 12.0 Å². The maximum absolute atomic E-state index is 13.0. The van der Waals surface area contributed by atoms with E-state index in [4.69, 9.17) is 0 Å². The lowest BCUT2D eigenvalue weighted by atomic mass is 9.86. The highest BCUT2D eigenvalue weighted by molar-refractivity contribution is 7.10. The van der Waals surface area contributed by atoms with Crippen molar-refractivity contribution in [2.75, 3.05) is 20.2 Å². The van der Waals surface area contributed by atoms with Crippen LogP contribution in [-0.2, 0) is 25.5 Å². The molecule has 1 aromatic heterocycles. The topological polar surface area (TPSA) is 75.7 Å². The molecule has 7 heteroatoms. The number of piperazine rings is 1. The van der Waals surface area contributed by atoms with Crippen LogP contribution in [0.2, 0.25) is 0 Å². The van der Waals surface area contributed by atoms with Crippen molar-refractivity contribution in [1.82, 2.24) is 10.2 Å². The van der Waals surface area contributed by atoms with Gasteiger partial charge >= 0.3 is 5.97 Å². The SMILES string of the molecule is COC(=O)C[C@H]1C(=O)NCCN1C(=O)[C@@H]1CCCc2sccc21. The minimum Gasteiger partial charge on any atom is -0.469 e. The Labute approximate surface area is 138 Å². The highest BCUT2D eigenvalue weighted by atomic mass is 32.1. The monoisotopic (exact) mass is 336 g/mol. The van der Waals surface area contributed by atoms with Gasteiger partial charge in [0.05, 0.1) is 19.4 Å². The fourth-order valence-corrected chi connectivity index (χ4v) is 4.35. The van der Waals surface area contributed by atoms with Crippen molar-refractivity contribution in [3.8, 4) is 0 Å². The zero-order chi connectivity index (χ0) is 16.4. The van der Waals surface area contributed by atoms with Crippen LogP contribution in [0.5, 0.6) is 0 Å². The van der Waals surface area contributed by atoms with Crippen molar-refractivity contribution >= 4 is 29.1 Å². The summed E-state index contributed by atoms with van der Waals surface area (Å²) in [5.41, 5.74) is 1.09. The summed E-state index contributed by atoms with van der Waals surface area (Å²) in [7, 11) is 1.29. The first-order valence-corrected chi connectivity index (χ1v) is 8.71. The molecule has 0 radical (unpaired) electrons. The molecule has 0 bridgehead atoms. The lowest BCUT2D eigenvalue weighted by Crippen LogP contribution is -2.58. The Morgan fingerprint density at radius 3 is 3.09 bits per heavy atom.